The average Bonchev–Trinajstić information content (AvgIpc) is 2.97. The summed E-state index contributed by atoms with van der Waals surface area (Å²) < 4.78 is 5.80. The van der Waals surface area contributed by atoms with E-state index in [4.69, 9.17) is 16.2 Å². The molecule has 9 heteroatoms. The summed E-state index contributed by atoms with van der Waals surface area (Å²) in [7, 11) is 4.07. The summed E-state index contributed by atoms with van der Waals surface area (Å²) in [6.45, 7) is 2.28. The first-order valence-electron chi connectivity index (χ1n) is 13.9. The smallest absolute Gasteiger partial charge is 0.242 e. The zero-order valence-corrected chi connectivity index (χ0v) is 24.0. The van der Waals surface area contributed by atoms with Crippen molar-refractivity contribution in [3.05, 3.63) is 102 Å². The number of hydrogen-bond acceptors (Lipinski definition) is 5. The van der Waals surface area contributed by atoms with Gasteiger partial charge in [0, 0.05) is 19.6 Å². The van der Waals surface area contributed by atoms with Crippen LogP contribution in [0.3, 0.4) is 0 Å². The van der Waals surface area contributed by atoms with Crippen molar-refractivity contribution in [1.29, 1.82) is 0 Å². The first-order chi connectivity index (χ1) is 19.8. The number of ether oxygens (including phenoxy) is 1. The van der Waals surface area contributed by atoms with Gasteiger partial charge in [0.05, 0.1) is 12.5 Å². The summed E-state index contributed by atoms with van der Waals surface area (Å²) in [4.78, 5) is 33.2. The SMILES string of the molecule is CN(C)CCCOc1ccc(CNC(=O)[C@@H](CCCN=C(N)N)NC(=O)C(c2ccccc2)c2ccccc2)cc1. The van der Waals surface area contributed by atoms with Crippen LogP contribution >= 0.6 is 0 Å². The highest BCUT2D eigenvalue weighted by Gasteiger charge is 2.27. The number of rotatable bonds is 16. The van der Waals surface area contributed by atoms with Crippen molar-refractivity contribution in [1.82, 2.24) is 15.5 Å². The van der Waals surface area contributed by atoms with E-state index in [1.165, 1.54) is 0 Å². The highest BCUT2D eigenvalue weighted by atomic mass is 16.5. The van der Waals surface area contributed by atoms with Gasteiger partial charge in [0.2, 0.25) is 11.8 Å². The quantitative estimate of drug-likeness (QED) is 0.121. The fourth-order valence-electron chi connectivity index (χ4n) is 4.40. The van der Waals surface area contributed by atoms with E-state index >= 15 is 0 Å². The van der Waals surface area contributed by atoms with Crippen LogP contribution in [0.5, 0.6) is 5.75 Å². The van der Waals surface area contributed by atoms with Crippen LogP contribution in [0.2, 0.25) is 0 Å². The Kier molecular flexibility index (Phi) is 12.7. The van der Waals surface area contributed by atoms with Crippen LogP contribution in [0.25, 0.3) is 0 Å². The molecule has 1 atom stereocenters. The van der Waals surface area contributed by atoms with Crippen molar-refractivity contribution in [2.24, 2.45) is 16.5 Å². The Balaban J connectivity index is 1.66. The number of benzene rings is 3. The fourth-order valence-corrected chi connectivity index (χ4v) is 4.40. The van der Waals surface area contributed by atoms with Gasteiger partial charge < -0.3 is 31.7 Å². The third-order valence-electron chi connectivity index (χ3n) is 6.51. The predicted octanol–water partition coefficient (Wildman–Crippen LogP) is 3.00. The molecule has 218 valence electrons. The molecule has 0 heterocycles. The number of nitrogens with zero attached hydrogens (tertiary/aromatic N) is 2. The fraction of sp³-hybridized carbons (Fsp3) is 0.344. The average molecular weight is 559 g/mol. The van der Waals surface area contributed by atoms with Gasteiger partial charge in [0.25, 0.3) is 0 Å². The Morgan fingerprint density at radius 3 is 2.02 bits per heavy atom. The number of guanidine groups is 1. The lowest BCUT2D eigenvalue weighted by Gasteiger charge is -2.23. The summed E-state index contributed by atoms with van der Waals surface area (Å²) >= 11 is 0. The summed E-state index contributed by atoms with van der Waals surface area (Å²) in [6, 6.07) is 26.0. The molecule has 2 amide bonds. The molecule has 6 N–H and O–H groups in total. The summed E-state index contributed by atoms with van der Waals surface area (Å²) in [6.07, 6.45) is 1.85. The van der Waals surface area contributed by atoms with Crippen molar-refractivity contribution in [2.45, 2.75) is 37.8 Å². The second-order valence-corrected chi connectivity index (χ2v) is 10.1. The first-order valence-corrected chi connectivity index (χ1v) is 13.9. The molecule has 3 rings (SSSR count). The van der Waals surface area contributed by atoms with Gasteiger partial charge >= 0.3 is 0 Å². The highest BCUT2D eigenvalue weighted by Crippen LogP contribution is 2.25. The third kappa shape index (κ3) is 11.0. The topological polar surface area (TPSA) is 135 Å². The van der Waals surface area contributed by atoms with Crippen LogP contribution in [-0.2, 0) is 16.1 Å². The van der Waals surface area contributed by atoms with Gasteiger partial charge in [-0.3, -0.25) is 14.6 Å². The first kappa shape index (κ1) is 31.2. The zero-order chi connectivity index (χ0) is 29.5. The van der Waals surface area contributed by atoms with Gasteiger partial charge in [0.15, 0.2) is 5.96 Å². The number of amides is 2. The Bertz CT molecular complexity index is 1190. The molecular weight excluding hydrogens is 516 g/mol. The van der Waals surface area contributed by atoms with Gasteiger partial charge in [-0.25, -0.2) is 0 Å². The van der Waals surface area contributed by atoms with Crippen LogP contribution in [0, 0.1) is 0 Å². The van der Waals surface area contributed by atoms with Gasteiger partial charge in [0.1, 0.15) is 11.8 Å². The molecule has 0 spiro atoms. The van der Waals surface area contributed by atoms with Crippen molar-refractivity contribution >= 4 is 17.8 Å². The van der Waals surface area contributed by atoms with E-state index in [9.17, 15) is 9.59 Å². The van der Waals surface area contributed by atoms with Crippen LogP contribution < -0.4 is 26.8 Å². The van der Waals surface area contributed by atoms with Gasteiger partial charge in [-0.15, -0.1) is 0 Å². The van der Waals surface area contributed by atoms with E-state index < -0.39 is 12.0 Å². The van der Waals surface area contributed by atoms with Crippen molar-refractivity contribution in [3.63, 3.8) is 0 Å². The van der Waals surface area contributed by atoms with Crippen LogP contribution in [-0.4, -0.2) is 62.5 Å². The number of nitrogens with two attached hydrogens (primary N) is 2. The molecule has 0 aromatic heterocycles. The van der Waals surface area contributed by atoms with E-state index in [-0.39, 0.29) is 17.8 Å². The van der Waals surface area contributed by atoms with E-state index in [1.54, 1.807) is 0 Å². The molecule has 3 aromatic rings. The molecule has 0 aliphatic heterocycles. The normalized spacial score (nSPS) is 11.6. The molecular formula is C32H42N6O3. The maximum atomic E-state index is 13.7. The molecule has 0 aliphatic carbocycles. The molecule has 3 aromatic carbocycles. The summed E-state index contributed by atoms with van der Waals surface area (Å²) in [5.41, 5.74) is 13.5. The van der Waals surface area contributed by atoms with Crippen LogP contribution in [0.4, 0.5) is 0 Å². The summed E-state index contributed by atoms with van der Waals surface area (Å²) in [5.74, 6) is -0.298. The van der Waals surface area contributed by atoms with Crippen molar-refractivity contribution in [2.75, 3.05) is 33.8 Å². The lowest BCUT2D eigenvalue weighted by Crippen LogP contribution is -2.48. The molecule has 0 saturated heterocycles. The molecule has 0 aliphatic rings. The minimum Gasteiger partial charge on any atom is -0.494 e. The molecule has 0 fully saturated rings. The standard InChI is InChI=1S/C32H42N6O3/c1-38(2)21-10-22-41-27-18-16-24(17-19-27)23-36-30(39)28(15-9-20-35-32(33)34)37-31(40)29(25-11-5-3-6-12-25)26-13-7-4-8-14-26/h3-8,11-14,16-19,28-29H,9-10,15,20-23H2,1-2H3,(H,36,39)(H,37,40)(H4,33,34,35)/t28-/m1/s1. The van der Waals surface area contributed by atoms with Gasteiger partial charge in [-0.1, -0.05) is 72.8 Å². The Morgan fingerprint density at radius 1 is 0.854 bits per heavy atom. The second-order valence-electron chi connectivity index (χ2n) is 10.1. The maximum absolute atomic E-state index is 13.7. The number of carbonyl (C=O) groups excluding carboxylic acids is 2. The number of aliphatic imine (C=N–C) groups is 1. The van der Waals surface area contributed by atoms with Crippen molar-refractivity contribution < 1.29 is 14.3 Å². The predicted molar refractivity (Wildman–Crippen MR) is 164 cm³/mol. The van der Waals surface area contributed by atoms with Gasteiger partial charge in [-0.2, -0.15) is 0 Å². The Morgan fingerprint density at radius 2 is 1.46 bits per heavy atom. The molecule has 0 unspecified atom stereocenters. The Hall–Kier alpha value is -4.37. The lowest BCUT2D eigenvalue weighted by atomic mass is 9.90. The van der Waals surface area contributed by atoms with Crippen molar-refractivity contribution in [3.8, 4) is 5.75 Å². The maximum Gasteiger partial charge on any atom is 0.242 e. The molecule has 41 heavy (non-hydrogen) atoms. The molecule has 0 saturated carbocycles. The number of carbonyl (C=O) groups is 2. The number of nitrogens with one attached hydrogen (secondary N) is 2. The largest absolute Gasteiger partial charge is 0.494 e. The van der Waals surface area contributed by atoms with E-state index in [2.05, 4.69) is 20.5 Å². The van der Waals surface area contributed by atoms with E-state index in [0.717, 1.165) is 35.4 Å². The minimum absolute atomic E-state index is 0.00613. The minimum atomic E-state index is -0.758. The Labute approximate surface area is 243 Å². The summed E-state index contributed by atoms with van der Waals surface area (Å²) in [5, 5.41) is 5.97. The van der Waals surface area contributed by atoms with E-state index in [1.807, 2.05) is 99.0 Å². The number of hydrogen-bond donors (Lipinski definition) is 4. The zero-order valence-electron chi connectivity index (χ0n) is 24.0. The monoisotopic (exact) mass is 558 g/mol. The lowest BCUT2D eigenvalue weighted by molar-refractivity contribution is -0.129. The van der Waals surface area contributed by atoms with E-state index in [0.29, 0.717) is 32.5 Å². The second kappa shape index (κ2) is 16.7. The van der Waals surface area contributed by atoms with Crippen LogP contribution in [0.1, 0.15) is 41.9 Å². The highest BCUT2D eigenvalue weighted by molar-refractivity contribution is 5.92. The molecule has 0 radical (unpaired) electrons. The van der Waals surface area contributed by atoms with Crippen LogP contribution in [0.15, 0.2) is 89.9 Å². The van der Waals surface area contributed by atoms with Gasteiger partial charge in [-0.05, 0) is 62.2 Å². The molecule has 9 nitrogen and oxygen atoms in total. The molecule has 0 bridgehead atoms. The third-order valence-corrected chi connectivity index (χ3v) is 6.51.